The summed E-state index contributed by atoms with van der Waals surface area (Å²) in [5, 5.41) is 16.5. The molecule has 4 saturated carbocycles. The minimum absolute atomic E-state index is 0.0530. The summed E-state index contributed by atoms with van der Waals surface area (Å²) < 4.78 is 1.86. The standard InChI is InChI=1S/C21H29N5O3/c27-20(24-5-4-23-3-1-2-17(23)12-24)19-18(26(28)29)13-25(22-19)21-9-14-6-15(10-21)8-16(7-14)11-21/h13-17H,1-12H2/t14?,15?,16?,17-,21?/m1/s1. The molecule has 0 unspecified atom stereocenters. The average molecular weight is 399 g/mol. The normalized spacial score (nSPS) is 38.4. The van der Waals surface area contributed by atoms with Crippen molar-refractivity contribution in [2.24, 2.45) is 17.8 Å². The molecule has 1 atom stereocenters. The van der Waals surface area contributed by atoms with E-state index in [-0.39, 0.29) is 22.8 Å². The zero-order valence-corrected chi connectivity index (χ0v) is 16.8. The minimum atomic E-state index is -0.414. The van der Waals surface area contributed by atoms with Crippen LogP contribution in [0.4, 0.5) is 5.69 Å². The maximum absolute atomic E-state index is 13.3. The molecule has 0 N–H and O–H groups in total. The van der Waals surface area contributed by atoms with Gasteiger partial charge < -0.3 is 4.90 Å². The first-order valence-corrected chi connectivity index (χ1v) is 11.3. The molecule has 8 nitrogen and oxygen atoms in total. The molecule has 6 fully saturated rings. The second-order valence-corrected chi connectivity index (χ2v) is 10.3. The zero-order valence-electron chi connectivity index (χ0n) is 16.8. The molecule has 1 aromatic rings. The Labute approximate surface area is 170 Å². The zero-order chi connectivity index (χ0) is 19.8. The molecule has 6 aliphatic rings. The van der Waals surface area contributed by atoms with E-state index in [9.17, 15) is 14.9 Å². The van der Waals surface area contributed by atoms with Gasteiger partial charge in [0.2, 0.25) is 5.69 Å². The summed E-state index contributed by atoms with van der Waals surface area (Å²) in [6, 6.07) is 0.400. The van der Waals surface area contributed by atoms with E-state index in [1.807, 2.05) is 4.68 Å². The van der Waals surface area contributed by atoms with Crippen LogP contribution in [0, 0.1) is 27.9 Å². The van der Waals surface area contributed by atoms with Crippen molar-refractivity contribution in [1.29, 1.82) is 0 Å². The van der Waals surface area contributed by atoms with Gasteiger partial charge in [0.25, 0.3) is 5.91 Å². The molecule has 2 aliphatic heterocycles. The molecule has 7 rings (SSSR count). The predicted octanol–water partition coefficient (Wildman–Crippen LogP) is 2.64. The van der Waals surface area contributed by atoms with Crippen molar-refractivity contribution < 1.29 is 9.72 Å². The van der Waals surface area contributed by atoms with Crippen LogP contribution in [0.5, 0.6) is 0 Å². The highest BCUT2D eigenvalue weighted by Gasteiger charge is 2.53. The monoisotopic (exact) mass is 399 g/mol. The Bertz CT molecular complexity index is 829. The van der Waals surface area contributed by atoms with Crippen molar-refractivity contribution in [3.05, 3.63) is 22.0 Å². The molecule has 2 saturated heterocycles. The van der Waals surface area contributed by atoms with Crippen LogP contribution in [0.3, 0.4) is 0 Å². The van der Waals surface area contributed by atoms with Gasteiger partial charge >= 0.3 is 5.69 Å². The lowest BCUT2D eigenvalue weighted by Crippen LogP contribution is -2.53. The summed E-state index contributed by atoms with van der Waals surface area (Å²) >= 11 is 0. The first kappa shape index (κ1) is 17.9. The molecule has 8 heteroatoms. The smallest absolute Gasteiger partial charge is 0.320 e. The second kappa shape index (κ2) is 6.27. The van der Waals surface area contributed by atoms with Gasteiger partial charge in [0.05, 0.1) is 10.5 Å². The third kappa shape index (κ3) is 2.75. The summed E-state index contributed by atoms with van der Waals surface area (Å²) in [6.45, 7) is 3.27. The number of fused-ring (bicyclic) bond motifs is 1. The molecule has 4 bridgehead atoms. The van der Waals surface area contributed by atoms with Gasteiger partial charge in [-0.15, -0.1) is 0 Å². The van der Waals surface area contributed by atoms with Gasteiger partial charge in [-0.05, 0) is 75.7 Å². The first-order chi connectivity index (χ1) is 14.0. The lowest BCUT2D eigenvalue weighted by Gasteiger charge is -2.56. The van der Waals surface area contributed by atoms with E-state index in [1.54, 1.807) is 11.1 Å². The van der Waals surface area contributed by atoms with Crippen molar-refractivity contribution >= 4 is 11.6 Å². The van der Waals surface area contributed by atoms with E-state index in [4.69, 9.17) is 0 Å². The number of aromatic nitrogens is 2. The highest BCUT2D eigenvalue weighted by Crippen LogP contribution is 2.58. The van der Waals surface area contributed by atoms with E-state index in [1.165, 1.54) is 25.7 Å². The van der Waals surface area contributed by atoms with Crippen LogP contribution in [-0.2, 0) is 5.54 Å². The largest absolute Gasteiger partial charge is 0.334 e. The number of piperazine rings is 1. The first-order valence-electron chi connectivity index (χ1n) is 11.3. The Kier molecular flexibility index (Phi) is 3.86. The van der Waals surface area contributed by atoms with Gasteiger partial charge in [-0.1, -0.05) is 0 Å². The van der Waals surface area contributed by atoms with E-state index < -0.39 is 4.92 Å². The van der Waals surface area contributed by atoms with Gasteiger partial charge in [-0.3, -0.25) is 24.5 Å². The summed E-state index contributed by atoms with van der Waals surface area (Å²) in [5.41, 5.74) is -0.167. The van der Waals surface area contributed by atoms with Gasteiger partial charge in [-0.2, -0.15) is 5.10 Å². The van der Waals surface area contributed by atoms with Crippen molar-refractivity contribution in [1.82, 2.24) is 19.6 Å². The molecule has 0 aromatic carbocycles. The van der Waals surface area contributed by atoms with Gasteiger partial charge in [0, 0.05) is 25.7 Å². The number of nitro groups is 1. The third-order valence-electron chi connectivity index (χ3n) is 8.46. The molecule has 4 aliphatic carbocycles. The highest BCUT2D eigenvalue weighted by molar-refractivity contribution is 5.96. The van der Waals surface area contributed by atoms with E-state index >= 15 is 0 Å². The fraction of sp³-hybridized carbons (Fsp3) is 0.810. The Morgan fingerprint density at radius 2 is 1.79 bits per heavy atom. The number of carbonyl (C=O) groups excluding carboxylic acids is 1. The van der Waals surface area contributed by atoms with Crippen molar-refractivity contribution in [3.8, 4) is 0 Å². The summed E-state index contributed by atoms with van der Waals surface area (Å²) in [6.07, 6.45) is 11.0. The summed E-state index contributed by atoms with van der Waals surface area (Å²) in [5.74, 6) is 1.91. The molecule has 0 spiro atoms. The molecular weight excluding hydrogens is 370 g/mol. The van der Waals surface area contributed by atoms with E-state index in [0.717, 1.165) is 56.5 Å². The average Bonchev–Trinajstić information content (AvgIpc) is 3.33. The molecule has 156 valence electrons. The molecule has 0 radical (unpaired) electrons. The lowest BCUT2D eigenvalue weighted by atomic mass is 9.53. The maximum Gasteiger partial charge on any atom is 0.320 e. The number of hydrogen-bond donors (Lipinski definition) is 0. The fourth-order valence-electron chi connectivity index (χ4n) is 7.56. The lowest BCUT2D eigenvalue weighted by molar-refractivity contribution is -0.385. The number of rotatable bonds is 3. The van der Waals surface area contributed by atoms with Crippen LogP contribution in [0.25, 0.3) is 0 Å². The van der Waals surface area contributed by atoms with Gasteiger partial charge in [0.15, 0.2) is 0 Å². The van der Waals surface area contributed by atoms with Crippen molar-refractivity contribution in [3.63, 3.8) is 0 Å². The Morgan fingerprint density at radius 1 is 1.10 bits per heavy atom. The van der Waals surface area contributed by atoms with Crippen molar-refractivity contribution in [2.75, 3.05) is 26.2 Å². The maximum atomic E-state index is 13.3. The topological polar surface area (TPSA) is 84.5 Å². The number of carbonyl (C=O) groups is 1. The van der Waals surface area contributed by atoms with Crippen LogP contribution < -0.4 is 0 Å². The quantitative estimate of drug-likeness (QED) is 0.576. The van der Waals surface area contributed by atoms with E-state index in [2.05, 4.69) is 10.00 Å². The Morgan fingerprint density at radius 3 is 2.45 bits per heavy atom. The SMILES string of the molecule is O=C(c1nn(C23CC4CC(CC(C4)C2)C3)cc1[N+](=O)[O-])N1CCN2CCC[C@@H]2C1. The molecule has 1 aromatic heterocycles. The Hall–Kier alpha value is -1.96. The minimum Gasteiger partial charge on any atom is -0.334 e. The number of nitrogens with zero attached hydrogens (tertiary/aromatic N) is 5. The second-order valence-electron chi connectivity index (χ2n) is 10.3. The van der Waals surface area contributed by atoms with Crippen LogP contribution in [0.2, 0.25) is 0 Å². The van der Waals surface area contributed by atoms with Crippen molar-refractivity contribution in [2.45, 2.75) is 62.9 Å². The molecule has 1 amide bonds. The predicted molar refractivity (Wildman–Crippen MR) is 106 cm³/mol. The number of hydrogen-bond acceptors (Lipinski definition) is 5. The van der Waals surface area contributed by atoms with E-state index in [0.29, 0.717) is 19.1 Å². The van der Waals surface area contributed by atoms with Crippen LogP contribution in [0.15, 0.2) is 6.20 Å². The highest BCUT2D eigenvalue weighted by atomic mass is 16.6. The van der Waals surface area contributed by atoms with Crippen LogP contribution >= 0.6 is 0 Å². The molecule has 29 heavy (non-hydrogen) atoms. The molecular formula is C21H29N5O3. The Balaban J connectivity index is 1.32. The number of amides is 1. The summed E-state index contributed by atoms with van der Waals surface area (Å²) in [7, 11) is 0. The third-order valence-corrected chi connectivity index (χ3v) is 8.46. The van der Waals surface area contributed by atoms with Crippen LogP contribution in [-0.4, -0.2) is 62.6 Å². The summed E-state index contributed by atoms with van der Waals surface area (Å²) in [4.78, 5) is 28.9. The van der Waals surface area contributed by atoms with Crippen LogP contribution in [0.1, 0.15) is 61.9 Å². The van der Waals surface area contributed by atoms with Gasteiger partial charge in [0.1, 0.15) is 6.20 Å². The molecule has 3 heterocycles. The van der Waals surface area contributed by atoms with Gasteiger partial charge in [-0.25, -0.2) is 0 Å². The fourth-order valence-corrected chi connectivity index (χ4v) is 7.56.